The second kappa shape index (κ2) is 11.0. The Morgan fingerprint density at radius 1 is 1.19 bits per heavy atom. The molecule has 3 heterocycles. The third-order valence-electron chi connectivity index (χ3n) is 7.06. The van der Waals surface area contributed by atoms with Gasteiger partial charge in [0.1, 0.15) is 5.82 Å². The number of hydrogen-bond donors (Lipinski definition) is 2. The molecule has 4 rings (SSSR count). The zero-order valence-corrected chi connectivity index (χ0v) is 22.8. The quantitative estimate of drug-likeness (QED) is 0.478. The molecule has 0 spiro atoms. The Kier molecular flexibility index (Phi) is 8.24. The number of aryl methyl sites for hydroxylation is 1. The molecule has 2 atom stereocenters. The number of pyridine rings is 1. The summed E-state index contributed by atoms with van der Waals surface area (Å²) in [4.78, 5) is 19.7. The van der Waals surface area contributed by atoms with Crippen LogP contribution >= 0.6 is 11.6 Å². The number of carbonyl (C=O) groups excluding carboxylic acids is 1. The van der Waals surface area contributed by atoms with Gasteiger partial charge in [0.2, 0.25) is 0 Å². The Hall–Kier alpha value is -2.20. The first kappa shape index (κ1) is 26.9. The lowest BCUT2D eigenvalue weighted by molar-refractivity contribution is 0.0979. The van der Waals surface area contributed by atoms with Crippen LogP contribution in [0.2, 0.25) is 5.02 Å². The second-order valence-corrected chi connectivity index (χ2v) is 12.7. The van der Waals surface area contributed by atoms with E-state index in [0.717, 1.165) is 37.4 Å². The molecule has 0 radical (unpaired) electrons. The Morgan fingerprint density at radius 2 is 1.94 bits per heavy atom. The molecule has 0 aliphatic carbocycles. The van der Waals surface area contributed by atoms with Crippen molar-refractivity contribution in [3.05, 3.63) is 58.7 Å². The van der Waals surface area contributed by atoms with Crippen LogP contribution < -0.4 is 14.9 Å². The topological polar surface area (TPSA) is 94.6 Å². The fraction of sp³-hybridized carbons (Fsp3) is 0.538. The van der Waals surface area contributed by atoms with E-state index in [1.165, 1.54) is 9.87 Å². The first-order valence-electron chi connectivity index (χ1n) is 12.6. The SMILES string of the molecule is C[C@@H]1CN(c2ncccc2C(=O)NS(=O)(=O)N2CC[C@@H](NCCCc3ccc(Cl)cc3)C2)C(C)(C)C1. The van der Waals surface area contributed by atoms with Gasteiger partial charge in [-0.1, -0.05) is 30.7 Å². The van der Waals surface area contributed by atoms with Gasteiger partial charge in [-0.3, -0.25) is 4.79 Å². The summed E-state index contributed by atoms with van der Waals surface area (Å²) in [7, 11) is -3.96. The lowest BCUT2D eigenvalue weighted by Crippen LogP contribution is -2.45. The smallest absolute Gasteiger partial charge is 0.304 e. The molecule has 2 fully saturated rings. The standard InChI is InChI=1S/C26H36ClN5O3S/c1-19-16-26(2,3)32(17-19)24-23(7-5-14-29-24)25(33)30-36(34,35)31-15-12-22(18-31)28-13-4-6-20-8-10-21(27)11-9-20/h5,7-11,14,19,22,28H,4,6,12-13,15-18H2,1-3H3,(H,30,33)/t19-,22+/m0/s1. The largest absolute Gasteiger partial charge is 0.351 e. The first-order chi connectivity index (χ1) is 17.0. The molecule has 1 aromatic heterocycles. The number of amides is 1. The van der Waals surface area contributed by atoms with Crippen molar-refractivity contribution in [2.24, 2.45) is 5.92 Å². The van der Waals surface area contributed by atoms with Crippen molar-refractivity contribution >= 4 is 33.5 Å². The van der Waals surface area contributed by atoms with Crippen molar-refractivity contribution in [1.29, 1.82) is 0 Å². The van der Waals surface area contributed by atoms with E-state index in [-0.39, 0.29) is 17.1 Å². The van der Waals surface area contributed by atoms with Crippen molar-refractivity contribution < 1.29 is 13.2 Å². The minimum absolute atomic E-state index is 0.0581. The summed E-state index contributed by atoms with van der Waals surface area (Å²) in [5, 5.41) is 4.18. The predicted molar refractivity (Wildman–Crippen MR) is 144 cm³/mol. The third kappa shape index (κ3) is 6.37. The molecule has 0 unspecified atom stereocenters. The number of anilines is 1. The number of benzene rings is 1. The van der Waals surface area contributed by atoms with Gasteiger partial charge >= 0.3 is 10.2 Å². The van der Waals surface area contributed by atoms with Crippen molar-refractivity contribution in [2.45, 2.75) is 58.0 Å². The molecule has 2 aromatic rings. The van der Waals surface area contributed by atoms with Gasteiger partial charge in [-0.15, -0.1) is 0 Å². The maximum absolute atomic E-state index is 13.1. The van der Waals surface area contributed by atoms with Gasteiger partial charge in [0.05, 0.1) is 5.56 Å². The summed E-state index contributed by atoms with van der Waals surface area (Å²) >= 11 is 5.93. The summed E-state index contributed by atoms with van der Waals surface area (Å²) in [6, 6.07) is 11.2. The van der Waals surface area contributed by atoms with Crippen LogP contribution in [0.1, 0.15) is 56.0 Å². The monoisotopic (exact) mass is 533 g/mol. The molecule has 1 aromatic carbocycles. The highest BCUT2D eigenvalue weighted by Crippen LogP contribution is 2.37. The van der Waals surface area contributed by atoms with Gasteiger partial charge in [-0.25, -0.2) is 9.71 Å². The average molecular weight is 534 g/mol. The molecule has 2 aliphatic heterocycles. The molecular formula is C26H36ClN5O3S. The minimum atomic E-state index is -3.96. The minimum Gasteiger partial charge on any atom is -0.351 e. The average Bonchev–Trinajstić information content (AvgIpc) is 3.41. The van der Waals surface area contributed by atoms with E-state index >= 15 is 0 Å². The van der Waals surface area contributed by atoms with Gasteiger partial charge in [-0.05, 0) is 81.8 Å². The number of nitrogens with one attached hydrogen (secondary N) is 2. The van der Waals surface area contributed by atoms with Crippen molar-refractivity contribution in [3.63, 3.8) is 0 Å². The molecule has 36 heavy (non-hydrogen) atoms. The van der Waals surface area contributed by atoms with Crippen LogP contribution in [0.25, 0.3) is 0 Å². The van der Waals surface area contributed by atoms with E-state index in [1.54, 1.807) is 18.3 Å². The van der Waals surface area contributed by atoms with Crippen LogP contribution in [0, 0.1) is 5.92 Å². The normalized spacial score (nSPS) is 22.2. The molecule has 0 saturated carbocycles. The highest BCUT2D eigenvalue weighted by atomic mass is 35.5. The fourth-order valence-electron chi connectivity index (χ4n) is 5.35. The Morgan fingerprint density at radius 3 is 2.64 bits per heavy atom. The van der Waals surface area contributed by atoms with Crippen LogP contribution in [-0.2, 0) is 16.6 Å². The molecule has 196 valence electrons. The summed E-state index contributed by atoms with van der Waals surface area (Å²) in [6.45, 7) is 8.68. The summed E-state index contributed by atoms with van der Waals surface area (Å²) in [6.07, 6.45) is 5.19. The molecular weight excluding hydrogens is 498 g/mol. The van der Waals surface area contributed by atoms with Crippen LogP contribution in [0.5, 0.6) is 0 Å². The summed E-state index contributed by atoms with van der Waals surface area (Å²) in [5.74, 6) is 0.343. The highest BCUT2D eigenvalue weighted by molar-refractivity contribution is 7.87. The zero-order valence-electron chi connectivity index (χ0n) is 21.2. The molecule has 2 aliphatic rings. The van der Waals surface area contributed by atoms with E-state index in [1.807, 2.05) is 24.3 Å². The summed E-state index contributed by atoms with van der Waals surface area (Å²) in [5.41, 5.74) is 1.34. The summed E-state index contributed by atoms with van der Waals surface area (Å²) < 4.78 is 29.7. The van der Waals surface area contributed by atoms with Gasteiger partial charge in [-0.2, -0.15) is 12.7 Å². The Balaban J connectivity index is 1.32. The maximum Gasteiger partial charge on any atom is 0.304 e. The second-order valence-electron chi connectivity index (χ2n) is 10.6. The van der Waals surface area contributed by atoms with Crippen LogP contribution in [-0.4, -0.2) is 61.4 Å². The predicted octanol–water partition coefficient (Wildman–Crippen LogP) is 3.63. The zero-order chi connectivity index (χ0) is 25.9. The van der Waals surface area contributed by atoms with Gasteiger partial charge in [0.15, 0.2) is 0 Å². The van der Waals surface area contributed by atoms with Gasteiger partial charge in [0, 0.05) is 42.4 Å². The van der Waals surface area contributed by atoms with Crippen LogP contribution in [0.4, 0.5) is 5.82 Å². The van der Waals surface area contributed by atoms with Crippen LogP contribution in [0.3, 0.4) is 0 Å². The van der Waals surface area contributed by atoms with E-state index < -0.39 is 16.1 Å². The third-order valence-corrected chi connectivity index (χ3v) is 8.77. The highest BCUT2D eigenvalue weighted by Gasteiger charge is 2.39. The Bertz CT molecular complexity index is 1170. The van der Waals surface area contributed by atoms with Crippen molar-refractivity contribution in [3.8, 4) is 0 Å². The number of hydrogen-bond acceptors (Lipinski definition) is 6. The number of aromatic nitrogens is 1. The van der Waals surface area contributed by atoms with E-state index in [0.29, 0.717) is 31.2 Å². The lowest BCUT2D eigenvalue weighted by atomic mass is 9.97. The van der Waals surface area contributed by atoms with Gasteiger partial charge in [0.25, 0.3) is 5.91 Å². The maximum atomic E-state index is 13.1. The number of halogens is 1. The van der Waals surface area contributed by atoms with E-state index in [2.05, 4.69) is 40.7 Å². The fourth-order valence-corrected chi connectivity index (χ4v) is 6.67. The lowest BCUT2D eigenvalue weighted by Gasteiger charge is -2.33. The molecule has 2 N–H and O–H groups in total. The molecule has 2 saturated heterocycles. The molecule has 10 heteroatoms. The Labute approximate surface area is 219 Å². The molecule has 0 bridgehead atoms. The number of nitrogens with zero attached hydrogens (tertiary/aromatic N) is 3. The van der Waals surface area contributed by atoms with E-state index in [9.17, 15) is 13.2 Å². The van der Waals surface area contributed by atoms with Crippen LogP contribution in [0.15, 0.2) is 42.6 Å². The van der Waals surface area contributed by atoms with Gasteiger partial charge < -0.3 is 10.2 Å². The first-order valence-corrected chi connectivity index (χ1v) is 14.4. The van der Waals surface area contributed by atoms with E-state index in [4.69, 9.17) is 11.6 Å². The molecule has 8 nitrogen and oxygen atoms in total. The number of carbonyl (C=O) groups is 1. The molecule has 1 amide bonds. The van der Waals surface area contributed by atoms with Crippen molar-refractivity contribution in [2.75, 3.05) is 31.1 Å². The number of rotatable bonds is 9. The van der Waals surface area contributed by atoms with Crippen molar-refractivity contribution in [1.82, 2.24) is 19.3 Å².